The first-order chi connectivity index (χ1) is 8.54. The fourth-order valence-corrected chi connectivity index (χ4v) is 1.29. The molecule has 0 aliphatic rings. The molecule has 1 aromatic rings. The summed E-state index contributed by atoms with van der Waals surface area (Å²) in [6, 6.07) is 5.99. The van der Waals surface area contributed by atoms with E-state index in [4.69, 9.17) is 16.2 Å². The first-order valence-corrected chi connectivity index (χ1v) is 5.34. The minimum absolute atomic E-state index is 0.0395. The first-order valence-electron chi connectivity index (χ1n) is 5.34. The lowest BCUT2D eigenvalue weighted by molar-refractivity contribution is -0.120. The highest BCUT2D eigenvalue weighted by molar-refractivity contribution is 5.89. The molecule has 1 atom stereocenters. The molecule has 0 saturated heterocycles. The summed E-state index contributed by atoms with van der Waals surface area (Å²) in [6.07, 6.45) is 0. The molecule has 6 heteroatoms. The van der Waals surface area contributed by atoms with Crippen molar-refractivity contribution in [2.75, 3.05) is 13.7 Å². The molecule has 6 nitrogen and oxygen atoms in total. The smallest absolute Gasteiger partial charge is 0.337 e. The molecule has 4 N–H and O–H groups in total. The van der Waals surface area contributed by atoms with Gasteiger partial charge in [-0.05, 0) is 17.7 Å². The zero-order valence-electron chi connectivity index (χ0n) is 10.1. The normalized spacial score (nSPS) is 11.9. The number of carbonyl (C=O) groups is 2. The fraction of sp³-hybridized carbons (Fsp3) is 0.333. The number of ether oxygens (including phenoxy) is 2. The van der Waals surface area contributed by atoms with E-state index < -0.39 is 17.9 Å². The van der Waals surface area contributed by atoms with Gasteiger partial charge >= 0.3 is 5.97 Å². The average Bonchev–Trinajstić information content (AvgIpc) is 2.37. The third-order valence-electron chi connectivity index (χ3n) is 2.28. The van der Waals surface area contributed by atoms with Crippen LogP contribution in [-0.2, 0) is 20.9 Å². The molecule has 1 amide bonds. The number of rotatable bonds is 6. The molecule has 0 heterocycles. The van der Waals surface area contributed by atoms with Gasteiger partial charge in [-0.3, -0.25) is 4.79 Å². The van der Waals surface area contributed by atoms with E-state index in [0.717, 1.165) is 5.56 Å². The summed E-state index contributed by atoms with van der Waals surface area (Å²) in [5.74, 6) is -1.02. The minimum atomic E-state index is -0.825. The van der Waals surface area contributed by atoms with Crippen molar-refractivity contribution in [3.05, 3.63) is 35.4 Å². The quantitative estimate of drug-likeness (QED) is 0.682. The Morgan fingerprint density at radius 2 is 2.11 bits per heavy atom. The Morgan fingerprint density at radius 3 is 2.72 bits per heavy atom. The lowest BCUT2D eigenvalue weighted by Gasteiger charge is -2.09. The van der Waals surface area contributed by atoms with Crippen LogP contribution in [0.3, 0.4) is 0 Å². The van der Waals surface area contributed by atoms with Crippen molar-refractivity contribution in [2.45, 2.75) is 12.6 Å². The molecule has 0 aliphatic carbocycles. The Hall–Kier alpha value is -1.92. The number of hydrogen-bond acceptors (Lipinski definition) is 5. The van der Waals surface area contributed by atoms with E-state index in [1.165, 1.54) is 7.11 Å². The van der Waals surface area contributed by atoms with Gasteiger partial charge < -0.3 is 20.9 Å². The lowest BCUT2D eigenvalue weighted by Crippen LogP contribution is -2.40. The zero-order valence-corrected chi connectivity index (χ0v) is 10.1. The SMILES string of the molecule is COC(=O)c1cccc(COC[C@H](N)C(N)=O)c1. The summed E-state index contributed by atoms with van der Waals surface area (Å²) in [4.78, 5) is 22.0. The number of esters is 1. The summed E-state index contributed by atoms with van der Waals surface area (Å²) < 4.78 is 9.84. The van der Waals surface area contributed by atoms with Crippen molar-refractivity contribution in [1.82, 2.24) is 0 Å². The molecule has 0 aliphatic heterocycles. The van der Waals surface area contributed by atoms with Gasteiger partial charge in [0.1, 0.15) is 6.04 Å². The van der Waals surface area contributed by atoms with Gasteiger partial charge in [0, 0.05) is 0 Å². The Bertz CT molecular complexity index is 434. The van der Waals surface area contributed by atoms with E-state index in [1.54, 1.807) is 24.3 Å². The molecule has 0 saturated carbocycles. The highest BCUT2D eigenvalue weighted by Crippen LogP contribution is 2.08. The number of primary amides is 1. The number of hydrogen-bond donors (Lipinski definition) is 2. The predicted octanol–water partition coefficient (Wildman–Crippen LogP) is -0.198. The molecular formula is C12H16N2O4. The van der Waals surface area contributed by atoms with Crippen molar-refractivity contribution in [3.63, 3.8) is 0 Å². The third kappa shape index (κ3) is 4.15. The maximum absolute atomic E-state index is 11.3. The van der Waals surface area contributed by atoms with Gasteiger partial charge in [0.05, 0.1) is 25.9 Å². The van der Waals surface area contributed by atoms with E-state index in [1.807, 2.05) is 0 Å². The molecule has 18 heavy (non-hydrogen) atoms. The summed E-state index contributed by atoms with van der Waals surface area (Å²) in [5.41, 5.74) is 11.6. The number of amides is 1. The second-order valence-corrected chi connectivity index (χ2v) is 3.72. The van der Waals surface area contributed by atoms with Gasteiger partial charge in [0.2, 0.25) is 5.91 Å². The molecule has 0 aromatic heterocycles. The van der Waals surface area contributed by atoms with Crippen LogP contribution in [0.4, 0.5) is 0 Å². The molecular weight excluding hydrogens is 236 g/mol. The van der Waals surface area contributed by atoms with Crippen LogP contribution < -0.4 is 11.5 Å². The third-order valence-corrected chi connectivity index (χ3v) is 2.28. The van der Waals surface area contributed by atoms with Gasteiger partial charge in [0.15, 0.2) is 0 Å². The molecule has 0 radical (unpaired) electrons. The van der Waals surface area contributed by atoms with Crippen LogP contribution in [0.25, 0.3) is 0 Å². The number of carbonyl (C=O) groups excluding carboxylic acids is 2. The molecule has 1 rings (SSSR count). The Labute approximate surface area is 105 Å². The zero-order chi connectivity index (χ0) is 13.5. The van der Waals surface area contributed by atoms with Crippen LogP contribution >= 0.6 is 0 Å². The largest absolute Gasteiger partial charge is 0.465 e. The van der Waals surface area contributed by atoms with E-state index in [0.29, 0.717) is 5.56 Å². The molecule has 0 spiro atoms. The van der Waals surface area contributed by atoms with Gasteiger partial charge in [-0.1, -0.05) is 12.1 Å². The molecule has 0 unspecified atom stereocenters. The minimum Gasteiger partial charge on any atom is -0.465 e. The van der Waals surface area contributed by atoms with Crippen molar-refractivity contribution in [1.29, 1.82) is 0 Å². The summed E-state index contributed by atoms with van der Waals surface area (Å²) in [6.45, 7) is 0.281. The van der Waals surface area contributed by atoms with Gasteiger partial charge in [-0.25, -0.2) is 4.79 Å². The van der Waals surface area contributed by atoms with E-state index in [-0.39, 0.29) is 13.2 Å². The van der Waals surface area contributed by atoms with Crippen molar-refractivity contribution < 1.29 is 19.1 Å². The monoisotopic (exact) mass is 252 g/mol. The van der Waals surface area contributed by atoms with Crippen LogP contribution in [0.5, 0.6) is 0 Å². The Kier molecular flexibility index (Phi) is 5.29. The van der Waals surface area contributed by atoms with Crippen molar-refractivity contribution in [2.24, 2.45) is 11.5 Å². The van der Waals surface area contributed by atoms with Crippen LogP contribution in [0.2, 0.25) is 0 Å². The van der Waals surface area contributed by atoms with Crippen LogP contribution in [-0.4, -0.2) is 31.6 Å². The maximum Gasteiger partial charge on any atom is 0.337 e. The van der Waals surface area contributed by atoms with Crippen LogP contribution in [0.15, 0.2) is 24.3 Å². The standard InChI is InChI=1S/C12H16N2O4/c1-17-12(16)9-4-2-3-8(5-9)6-18-7-10(13)11(14)15/h2-5,10H,6-7,13H2,1H3,(H2,14,15)/t10-/m0/s1. The highest BCUT2D eigenvalue weighted by atomic mass is 16.5. The average molecular weight is 252 g/mol. The first kappa shape index (κ1) is 14.1. The van der Waals surface area contributed by atoms with E-state index >= 15 is 0 Å². The van der Waals surface area contributed by atoms with Crippen molar-refractivity contribution >= 4 is 11.9 Å². The summed E-state index contributed by atoms with van der Waals surface area (Å²) >= 11 is 0. The summed E-state index contributed by atoms with van der Waals surface area (Å²) in [5, 5.41) is 0. The van der Waals surface area contributed by atoms with Gasteiger partial charge in [-0.2, -0.15) is 0 Å². The van der Waals surface area contributed by atoms with Crippen LogP contribution in [0.1, 0.15) is 15.9 Å². The molecule has 0 bridgehead atoms. The maximum atomic E-state index is 11.3. The predicted molar refractivity (Wildman–Crippen MR) is 64.6 cm³/mol. The lowest BCUT2D eigenvalue weighted by atomic mass is 10.1. The number of nitrogens with two attached hydrogens (primary N) is 2. The fourth-order valence-electron chi connectivity index (χ4n) is 1.29. The number of methoxy groups -OCH3 is 1. The molecule has 1 aromatic carbocycles. The topological polar surface area (TPSA) is 105 Å². The highest BCUT2D eigenvalue weighted by Gasteiger charge is 2.09. The summed E-state index contributed by atoms with van der Waals surface area (Å²) in [7, 11) is 1.32. The second-order valence-electron chi connectivity index (χ2n) is 3.72. The van der Waals surface area contributed by atoms with E-state index in [9.17, 15) is 9.59 Å². The number of benzene rings is 1. The van der Waals surface area contributed by atoms with Gasteiger partial charge in [-0.15, -0.1) is 0 Å². The van der Waals surface area contributed by atoms with E-state index in [2.05, 4.69) is 4.74 Å². The van der Waals surface area contributed by atoms with Gasteiger partial charge in [0.25, 0.3) is 0 Å². The van der Waals surface area contributed by atoms with Crippen molar-refractivity contribution in [3.8, 4) is 0 Å². The second kappa shape index (κ2) is 6.73. The van der Waals surface area contributed by atoms with Crippen LogP contribution in [0, 0.1) is 0 Å². The Morgan fingerprint density at radius 1 is 1.39 bits per heavy atom. The molecule has 98 valence electrons. The Balaban J connectivity index is 2.53. The molecule has 0 fully saturated rings.